The van der Waals surface area contributed by atoms with Crippen molar-refractivity contribution in [1.82, 2.24) is 0 Å². The van der Waals surface area contributed by atoms with E-state index >= 15 is 0 Å². The van der Waals surface area contributed by atoms with Gasteiger partial charge in [0, 0.05) is 27.6 Å². The number of nitrogens with zero attached hydrogens (tertiary/aromatic N) is 1. The second-order valence-corrected chi connectivity index (χ2v) is 19.9. The van der Waals surface area contributed by atoms with E-state index in [-0.39, 0.29) is 5.41 Å². The Labute approximate surface area is 420 Å². The van der Waals surface area contributed by atoms with Crippen LogP contribution in [0.4, 0.5) is 17.1 Å². The van der Waals surface area contributed by atoms with E-state index < -0.39 is 5.41 Å². The zero-order chi connectivity index (χ0) is 48.0. The Morgan fingerprint density at radius 1 is 0.333 bits per heavy atom. The molecule has 2 nitrogen and oxygen atoms in total. The second kappa shape index (κ2) is 16.3. The molecule has 11 aromatic carbocycles. The molecule has 2 aliphatic carbocycles. The molecule has 0 aliphatic heterocycles. The lowest BCUT2D eigenvalue weighted by atomic mass is 9.67. The molecule has 12 aromatic rings. The molecule has 72 heavy (non-hydrogen) atoms. The van der Waals surface area contributed by atoms with Gasteiger partial charge in [-0.15, -0.1) is 0 Å². The minimum Gasteiger partial charge on any atom is -0.456 e. The van der Waals surface area contributed by atoms with E-state index in [0.29, 0.717) is 0 Å². The highest BCUT2D eigenvalue weighted by molar-refractivity contribution is 6.12. The molecule has 1 aromatic heterocycles. The lowest BCUT2D eigenvalue weighted by molar-refractivity contribution is 0.661. The van der Waals surface area contributed by atoms with Crippen LogP contribution in [-0.2, 0) is 10.8 Å². The molecule has 0 radical (unpaired) electrons. The van der Waals surface area contributed by atoms with Crippen molar-refractivity contribution in [2.24, 2.45) is 0 Å². The molecule has 2 aliphatic rings. The highest BCUT2D eigenvalue weighted by atomic mass is 16.3. The predicted molar refractivity (Wildman–Crippen MR) is 300 cm³/mol. The van der Waals surface area contributed by atoms with Gasteiger partial charge in [0.15, 0.2) is 0 Å². The van der Waals surface area contributed by atoms with Crippen molar-refractivity contribution < 1.29 is 4.42 Å². The summed E-state index contributed by atoms with van der Waals surface area (Å²) in [6, 6.07) is 95.9. The molecule has 0 saturated heterocycles. The topological polar surface area (TPSA) is 16.4 Å². The van der Waals surface area contributed by atoms with E-state index in [1.165, 1.54) is 78.0 Å². The molecular weight excluding hydrogens is 871 g/mol. The summed E-state index contributed by atoms with van der Waals surface area (Å²) in [6.07, 6.45) is 0. The molecule has 0 N–H and O–H groups in total. The number of hydrogen-bond donors (Lipinski definition) is 0. The third kappa shape index (κ3) is 6.28. The van der Waals surface area contributed by atoms with E-state index in [1.807, 2.05) is 6.07 Å². The molecule has 340 valence electrons. The van der Waals surface area contributed by atoms with Crippen LogP contribution in [0.2, 0.25) is 0 Å². The number of benzene rings is 11. The van der Waals surface area contributed by atoms with Gasteiger partial charge in [-0.3, -0.25) is 0 Å². The van der Waals surface area contributed by atoms with Crippen molar-refractivity contribution in [3.05, 3.63) is 294 Å². The van der Waals surface area contributed by atoms with Crippen LogP contribution in [0.3, 0.4) is 0 Å². The first kappa shape index (κ1) is 41.9. The molecule has 1 heterocycles. The molecule has 2 heteroatoms. The molecular formula is C70H49NO. The minimum atomic E-state index is -0.415. The summed E-state index contributed by atoms with van der Waals surface area (Å²) < 4.78 is 6.31. The van der Waals surface area contributed by atoms with Crippen LogP contribution < -0.4 is 4.90 Å². The Balaban J connectivity index is 0.858. The van der Waals surface area contributed by atoms with Crippen molar-refractivity contribution in [3.63, 3.8) is 0 Å². The number of rotatable bonds is 8. The fraction of sp³-hybridized carbons (Fsp3) is 0.0571. The normalized spacial score (nSPS) is 13.6. The smallest absolute Gasteiger partial charge is 0.136 e. The maximum absolute atomic E-state index is 6.31. The first-order chi connectivity index (χ1) is 35.5. The third-order valence-electron chi connectivity index (χ3n) is 15.8. The van der Waals surface area contributed by atoms with Gasteiger partial charge in [0.1, 0.15) is 11.2 Å². The minimum absolute atomic E-state index is 0.212. The molecule has 0 spiro atoms. The standard InChI is InChI=1S/C70H49NO/c1-69(2)61-29-12-9-24-56(61)58-28-16-31-64(68(58)69)71(53-41-38-48(39-42-53)55-27-17-33-66-67(55)59-26-11-14-32-65(59)72-66)54-23-15-18-49(44-54)46-34-36-47(37-35-46)50-40-43-63-60(45-50)57-25-10-13-30-62(57)70(63,51-19-5-3-6-20-51)52-21-7-4-8-22-52/h3-45H,1-2H3. The quantitative estimate of drug-likeness (QED) is 0.151. The first-order valence-electron chi connectivity index (χ1n) is 25.1. The van der Waals surface area contributed by atoms with E-state index in [1.54, 1.807) is 0 Å². The number of furan rings is 1. The molecule has 0 unspecified atom stereocenters. The Kier molecular flexibility index (Phi) is 9.50. The second-order valence-electron chi connectivity index (χ2n) is 19.9. The molecule has 0 atom stereocenters. The first-order valence-corrected chi connectivity index (χ1v) is 25.1. The van der Waals surface area contributed by atoms with Gasteiger partial charge in [-0.2, -0.15) is 0 Å². The van der Waals surface area contributed by atoms with Crippen molar-refractivity contribution in [3.8, 4) is 55.6 Å². The van der Waals surface area contributed by atoms with Crippen molar-refractivity contribution >= 4 is 39.0 Å². The number of para-hydroxylation sites is 1. The van der Waals surface area contributed by atoms with Gasteiger partial charge in [-0.1, -0.05) is 226 Å². The summed E-state index contributed by atoms with van der Waals surface area (Å²) in [5, 5.41) is 2.28. The van der Waals surface area contributed by atoms with Crippen LogP contribution in [0.25, 0.3) is 77.6 Å². The SMILES string of the molecule is CC1(C)c2ccccc2-c2cccc(N(c3ccc(-c4cccc5oc6ccccc6c45)cc3)c3cccc(-c4ccc(-c5ccc6c(c5)-c5ccccc5C6(c5ccccc5)c5ccccc5)cc4)c3)c21. The van der Waals surface area contributed by atoms with Crippen molar-refractivity contribution in [2.75, 3.05) is 4.90 Å². The van der Waals surface area contributed by atoms with Gasteiger partial charge in [0.05, 0.1) is 11.1 Å². The van der Waals surface area contributed by atoms with Crippen LogP contribution in [0.15, 0.2) is 265 Å². The average molecular weight is 920 g/mol. The summed E-state index contributed by atoms with van der Waals surface area (Å²) >= 11 is 0. The van der Waals surface area contributed by atoms with E-state index in [4.69, 9.17) is 4.42 Å². The fourth-order valence-corrected chi connectivity index (χ4v) is 12.5. The van der Waals surface area contributed by atoms with Gasteiger partial charge >= 0.3 is 0 Å². The maximum Gasteiger partial charge on any atom is 0.136 e. The largest absolute Gasteiger partial charge is 0.456 e. The summed E-state index contributed by atoms with van der Waals surface area (Å²) in [6.45, 7) is 4.75. The highest BCUT2D eigenvalue weighted by Crippen LogP contribution is 2.57. The van der Waals surface area contributed by atoms with Gasteiger partial charge in [-0.05, 0) is 138 Å². The fourth-order valence-electron chi connectivity index (χ4n) is 12.5. The third-order valence-corrected chi connectivity index (χ3v) is 15.8. The van der Waals surface area contributed by atoms with Crippen LogP contribution in [0.1, 0.15) is 47.2 Å². The van der Waals surface area contributed by atoms with Gasteiger partial charge in [0.2, 0.25) is 0 Å². The van der Waals surface area contributed by atoms with E-state index in [2.05, 4.69) is 274 Å². The summed E-state index contributed by atoms with van der Waals surface area (Å²) in [5.41, 5.74) is 24.6. The Morgan fingerprint density at radius 3 is 1.60 bits per heavy atom. The number of anilines is 3. The van der Waals surface area contributed by atoms with Crippen molar-refractivity contribution in [1.29, 1.82) is 0 Å². The number of fused-ring (bicyclic) bond motifs is 9. The van der Waals surface area contributed by atoms with Gasteiger partial charge in [-0.25, -0.2) is 0 Å². The van der Waals surface area contributed by atoms with Crippen LogP contribution in [0, 0.1) is 0 Å². The summed E-state index contributed by atoms with van der Waals surface area (Å²) in [4.78, 5) is 2.47. The van der Waals surface area contributed by atoms with Crippen LogP contribution in [-0.4, -0.2) is 0 Å². The zero-order valence-electron chi connectivity index (χ0n) is 40.2. The molecule has 0 bridgehead atoms. The summed E-state index contributed by atoms with van der Waals surface area (Å²) in [5.74, 6) is 0. The zero-order valence-corrected chi connectivity index (χ0v) is 40.2. The van der Waals surface area contributed by atoms with E-state index in [0.717, 1.165) is 50.0 Å². The van der Waals surface area contributed by atoms with Crippen LogP contribution >= 0.6 is 0 Å². The molecule has 14 rings (SSSR count). The lowest BCUT2D eigenvalue weighted by Crippen LogP contribution is -2.28. The summed E-state index contributed by atoms with van der Waals surface area (Å²) in [7, 11) is 0. The Hall–Kier alpha value is -8.98. The van der Waals surface area contributed by atoms with Crippen LogP contribution in [0.5, 0.6) is 0 Å². The molecule has 0 amide bonds. The lowest BCUT2D eigenvalue weighted by Gasteiger charge is -2.33. The Morgan fingerprint density at radius 2 is 0.861 bits per heavy atom. The molecule has 0 fully saturated rings. The monoisotopic (exact) mass is 919 g/mol. The van der Waals surface area contributed by atoms with Gasteiger partial charge in [0.25, 0.3) is 0 Å². The number of hydrogen-bond acceptors (Lipinski definition) is 2. The van der Waals surface area contributed by atoms with Gasteiger partial charge < -0.3 is 9.32 Å². The van der Waals surface area contributed by atoms with E-state index in [9.17, 15) is 0 Å². The maximum atomic E-state index is 6.31. The molecule has 0 saturated carbocycles. The highest BCUT2D eigenvalue weighted by Gasteiger charge is 2.46. The predicted octanol–water partition coefficient (Wildman–Crippen LogP) is 18.7. The van der Waals surface area contributed by atoms with Crippen molar-refractivity contribution in [2.45, 2.75) is 24.7 Å². The average Bonchev–Trinajstić information content (AvgIpc) is 4.06. The Bertz CT molecular complexity index is 4010.